The zero-order valence-corrected chi connectivity index (χ0v) is 8.32. The largest absolute Gasteiger partial charge is 0.495 e. The van der Waals surface area contributed by atoms with Crippen molar-refractivity contribution in [3.63, 3.8) is 0 Å². The summed E-state index contributed by atoms with van der Waals surface area (Å²) >= 11 is 0. The van der Waals surface area contributed by atoms with Crippen LogP contribution < -0.4 is 10.5 Å². The van der Waals surface area contributed by atoms with E-state index in [9.17, 15) is 0 Å². The first-order valence-corrected chi connectivity index (χ1v) is 4.40. The molecule has 72 valence electrons. The molecule has 1 atom stereocenters. The minimum Gasteiger partial charge on any atom is -0.495 e. The van der Waals surface area contributed by atoms with Crippen LogP contribution in [0.1, 0.15) is 25.5 Å². The van der Waals surface area contributed by atoms with E-state index in [0.717, 1.165) is 11.3 Å². The number of nitrogens with zero attached hydrogens (tertiary/aromatic N) is 1. The van der Waals surface area contributed by atoms with Gasteiger partial charge >= 0.3 is 0 Å². The molecule has 0 saturated carbocycles. The minimum atomic E-state index is 0.0120. The molecule has 1 heterocycles. The van der Waals surface area contributed by atoms with Crippen molar-refractivity contribution in [2.45, 2.75) is 19.9 Å². The van der Waals surface area contributed by atoms with E-state index in [2.05, 4.69) is 18.8 Å². The van der Waals surface area contributed by atoms with Crippen LogP contribution in [0.25, 0.3) is 0 Å². The van der Waals surface area contributed by atoms with Crippen molar-refractivity contribution in [3.05, 3.63) is 24.0 Å². The van der Waals surface area contributed by atoms with Crippen LogP contribution in [-0.2, 0) is 0 Å². The predicted octanol–water partition coefficient (Wildman–Crippen LogP) is 1.75. The molecule has 0 spiro atoms. The Morgan fingerprint density at radius 2 is 2.15 bits per heavy atom. The average molecular weight is 180 g/mol. The fraction of sp³-hybridized carbons (Fsp3) is 0.500. The first-order chi connectivity index (χ1) is 6.16. The van der Waals surface area contributed by atoms with Crippen LogP contribution in [0.15, 0.2) is 18.5 Å². The first-order valence-electron chi connectivity index (χ1n) is 4.40. The molecule has 3 heteroatoms. The van der Waals surface area contributed by atoms with Crippen LogP contribution in [0.5, 0.6) is 5.75 Å². The Balaban J connectivity index is 2.98. The smallest absolute Gasteiger partial charge is 0.141 e. The highest BCUT2D eigenvalue weighted by molar-refractivity contribution is 5.32. The summed E-state index contributed by atoms with van der Waals surface area (Å²) in [4.78, 5) is 3.98. The number of methoxy groups -OCH3 is 1. The molecule has 0 saturated heterocycles. The summed E-state index contributed by atoms with van der Waals surface area (Å²) in [6.07, 6.45) is 3.43. The van der Waals surface area contributed by atoms with Crippen molar-refractivity contribution in [1.29, 1.82) is 0 Å². The summed E-state index contributed by atoms with van der Waals surface area (Å²) in [7, 11) is 1.63. The quantitative estimate of drug-likeness (QED) is 0.770. The maximum absolute atomic E-state index is 6.01. The molecule has 13 heavy (non-hydrogen) atoms. The minimum absolute atomic E-state index is 0.0120. The highest BCUT2D eigenvalue weighted by Crippen LogP contribution is 2.26. The van der Waals surface area contributed by atoms with Gasteiger partial charge in [-0.25, -0.2) is 0 Å². The Morgan fingerprint density at radius 3 is 2.69 bits per heavy atom. The lowest BCUT2D eigenvalue weighted by molar-refractivity contribution is 0.394. The molecule has 0 aromatic carbocycles. The van der Waals surface area contributed by atoms with Crippen LogP contribution in [0.2, 0.25) is 0 Å². The van der Waals surface area contributed by atoms with Crippen LogP contribution in [-0.4, -0.2) is 12.1 Å². The molecule has 0 radical (unpaired) electrons. The van der Waals surface area contributed by atoms with Gasteiger partial charge in [-0.3, -0.25) is 4.98 Å². The van der Waals surface area contributed by atoms with Gasteiger partial charge in [-0.2, -0.15) is 0 Å². The number of nitrogens with two attached hydrogens (primary N) is 1. The third-order valence-corrected chi connectivity index (χ3v) is 2.11. The topological polar surface area (TPSA) is 48.1 Å². The van der Waals surface area contributed by atoms with Crippen molar-refractivity contribution in [1.82, 2.24) is 4.98 Å². The molecule has 0 aliphatic heterocycles. The van der Waals surface area contributed by atoms with E-state index in [4.69, 9.17) is 10.5 Å². The second-order valence-electron chi connectivity index (χ2n) is 3.39. The Bertz CT molecular complexity index is 273. The summed E-state index contributed by atoms with van der Waals surface area (Å²) < 4.78 is 5.17. The number of rotatable bonds is 3. The van der Waals surface area contributed by atoms with Gasteiger partial charge in [-0.1, -0.05) is 13.8 Å². The molecule has 3 nitrogen and oxygen atoms in total. The normalized spacial score (nSPS) is 13.0. The molecule has 1 aromatic rings. The van der Waals surface area contributed by atoms with E-state index in [1.54, 1.807) is 19.5 Å². The van der Waals surface area contributed by atoms with E-state index in [1.807, 2.05) is 6.07 Å². The Hall–Kier alpha value is -1.09. The molecule has 1 aromatic heterocycles. The lowest BCUT2D eigenvalue weighted by Gasteiger charge is -2.18. The van der Waals surface area contributed by atoms with Crippen LogP contribution in [0.3, 0.4) is 0 Å². The van der Waals surface area contributed by atoms with Gasteiger partial charge in [0.25, 0.3) is 0 Å². The lowest BCUT2D eigenvalue weighted by Crippen LogP contribution is -2.17. The summed E-state index contributed by atoms with van der Waals surface area (Å²) in [5, 5.41) is 0. The standard InChI is InChI=1S/C10H16N2O/c1-7(2)10(11)8-4-5-12-6-9(8)13-3/h4-7,10H,11H2,1-3H3. The van der Waals surface area contributed by atoms with Crippen LogP contribution in [0, 0.1) is 5.92 Å². The molecular weight excluding hydrogens is 164 g/mol. The number of hydrogen-bond acceptors (Lipinski definition) is 3. The first kappa shape index (κ1) is 9.99. The van der Waals surface area contributed by atoms with E-state index < -0.39 is 0 Å². The third kappa shape index (κ3) is 2.18. The number of ether oxygens (including phenoxy) is 1. The van der Waals surface area contributed by atoms with Gasteiger partial charge in [0.1, 0.15) is 5.75 Å². The highest BCUT2D eigenvalue weighted by Gasteiger charge is 2.14. The molecule has 1 unspecified atom stereocenters. The summed E-state index contributed by atoms with van der Waals surface area (Å²) in [6.45, 7) is 4.18. The van der Waals surface area contributed by atoms with Crippen molar-refractivity contribution < 1.29 is 4.74 Å². The van der Waals surface area contributed by atoms with Crippen LogP contribution >= 0.6 is 0 Å². The summed E-state index contributed by atoms with van der Waals surface area (Å²) in [5.41, 5.74) is 7.03. The van der Waals surface area contributed by atoms with Gasteiger partial charge < -0.3 is 10.5 Å². The number of hydrogen-bond donors (Lipinski definition) is 1. The van der Waals surface area contributed by atoms with Crippen molar-refractivity contribution in [2.75, 3.05) is 7.11 Å². The molecule has 0 fully saturated rings. The highest BCUT2D eigenvalue weighted by atomic mass is 16.5. The van der Waals surface area contributed by atoms with E-state index in [-0.39, 0.29) is 6.04 Å². The predicted molar refractivity (Wildman–Crippen MR) is 52.6 cm³/mol. The molecule has 0 amide bonds. The summed E-state index contributed by atoms with van der Waals surface area (Å²) in [6, 6.07) is 1.92. The third-order valence-electron chi connectivity index (χ3n) is 2.11. The molecular formula is C10H16N2O. The number of pyridine rings is 1. The zero-order chi connectivity index (χ0) is 9.84. The average Bonchev–Trinajstić information content (AvgIpc) is 2.16. The second kappa shape index (κ2) is 4.23. The second-order valence-corrected chi connectivity index (χ2v) is 3.39. The van der Waals surface area contributed by atoms with Gasteiger partial charge in [0, 0.05) is 17.8 Å². The SMILES string of the molecule is COc1cnccc1C(N)C(C)C. The molecule has 0 bridgehead atoms. The van der Waals surface area contributed by atoms with E-state index in [0.29, 0.717) is 5.92 Å². The van der Waals surface area contributed by atoms with Gasteiger partial charge in [-0.05, 0) is 12.0 Å². The Labute approximate surface area is 78.9 Å². The molecule has 0 aliphatic rings. The van der Waals surface area contributed by atoms with Crippen molar-refractivity contribution in [2.24, 2.45) is 11.7 Å². The number of aromatic nitrogens is 1. The van der Waals surface area contributed by atoms with E-state index in [1.165, 1.54) is 0 Å². The van der Waals surface area contributed by atoms with Crippen molar-refractivity contribution in [3.8, 4) is 5.75 Å². The zero-order valence-electron chi connectivity index (χ0n) is 8.32. The van der Waals surface area contributed by atoms with Crippen molar-refractivity contribution >= 4 is 0 Å². The van der Waals surface area contributed by atoms with Crippen LogP contribution in [0.4, 0.5) is 0 Å². The summed E-state index contributed by atoms with van der Waals surface area (Å²) in [5.74, 6) is 1.17. The van der Waals surface area contributed by atoms with Gasteiger partial charge in [0.2, 0.25) is 0 Å². The van der Waals surface area contributed by atoms with E-state index >= 15 is 0 Å². The molecule has 0 aliphatic carbocycles. The van der Waals surface area contributed by atoms with Gasteiger partial charge in [0.15, 0.2) is 0 Å². The maximum atomic E-state index is 6.01. The Morgan fingerprint density at radius 1 is 1.46 bits per heavy atom. The monoisotopic (exact) mass is 180 g/mol. The molecule has 1 rings (SSSR count). The molecule has 2 N–H and O–H groups in total. The van der Waals surface area contributed by atoms with Gasteiger partial charge in [0.05, 0.1) is 13.3 Å². The fourth-order valence-corrected chi connectivity index (χ4v) is 1.20. The lowest BCUT2D eigenvalue weighted by atomic mass is 9.97. The fourth-order valence-electron chi connectivity index (χ4n) is 1.20. The maximum Gasteiger partial charge on any atom is 0.141 e. The Kier molecular flexibility index (Phi) is 3.25. The van der Waals surface area contributed by atoms with Gasteiger partial charge in [-0.15, -0.1) is 0 Å².